The second-order valence-electron chi connectivity index (χ2n) is 8.30. The van der Waals surface area contributed by atoms with Gasteiger partial charge in [-0.25, -0.2) is 0 Å². The fourth-order valence-electron chi connectivity index (χ4n) is 3.99. The van der Waals surface area contributed by atoms with Crippen LogP contribution in [0.5, 0.6) is 11.5 Å². The number of hydrogen-bond donors (Lipinski definition) is 0. The second kappa shape index (κ2) is 10.1. The number of rotatable bonds is 7. The highest BCUT2D eigenvalue weighted by Gasteiger charge is 2.18. The number of methoxy groups -OCH3 is 1. The van der Waals surface area contributed by atoms with Gasteiger partial charge in [-0.05, 0) is 42.5 Å². The zero-order chi connectivity index (χ0) is 22.0. The first-order valence-electron chi connectivity index (χ1n) is 10.8. The van der Waals surface area contributed by atoms with Gasteiger partial charge >= 0.3 is 0 Å². The molecular formula is C27H31ClN2O2. The molecule has 5 heteroatoms. The van der Waals surface area contributed by atoms with Crippen molar-refractivity contribution in [1.82, 2.24) is 9.55 Å². The highest BCUT2D eigenvalue weighted by Crippen LogP contribution is 2.33. The predicted molar refractivity (Wildman–Crippen MR) is 133 cm³/mol. The van der Waals surface area contributed by atoms with E-state index in [2.05, 4.69) is 67.6 Å². The van der Waals surface area contributed by atoms with Gasteiger partial charge < -0.3 is 14.0 Å². The molecule has 0 fully saturated rings. The van der Waals surface area contributed by atoms with Crippen molar-refractivity contribution in [1.29, 1.82) is 0 Å². The Hall–Kier alpha value is -2.98. The van der Waals surface area contributed by atoms with Crippen LogP contribution >= 0.6 is 12.4 Å². The van der Waals surface area contributed by atoms with E-state index in [0.29, 0.717) is 19.1 Å². The lowest BCUT2D eigenvalue weighted by Gasteiger charge is -2.15. The number of nitrogens with zero attached hydrogens (tertiary/aromatic N) is 2. The summed E-state index contributed by atoms with van der Waals surface area (Å²) in [5.41, 5.74) is 8.01. The molecule has 0 saturated carbocycles. The highest BCUT2D eigenvalue weighted by atomic mass is 35.5. The van der Waals surface area contributed by atoms with E-state index in [1.165, 1.54) is 16.8 Å². The van der Waals surface area contributed by atoms with E-state index < -0.39 is 0 Å². The summed E-state index contributed by atoms with van der Waals surface area (Å²) >= 11 is 0. The van der Waals surface area contributed by atoms with Gasteiger partial charge in [-0.2, -0.15) is 0 Å². The van der Waals surface area contributed by atoms with Gasteiger partial charge in [-0.1, -0.05) is 56.3 Å². The minimum Gasteiger partial charge on any atom is -0.496 e. The average Bonchev–Trinajstić information content (AvgIpc) is 3.03. The number of pyridine rings is 1. The third-order valence-electron chi connectivity index (χ3n) is 6.02. The van der Waals surface area contributed by atoms with Crippen LogP contribution in [0.1, 0.15) is 47.7 Å². The molecule has 2 aromatic heterocycles. The Morgan fingerprint density at radius 2 is 1.66 bits per heavy atom. The molecule has 0 aliphatic carbocycles. The smallest absolute Gasteiger partial charge is 0.147 e. The Kier molecular flexibility index (Phi) is 7.47. The van der Waals surface area contributed by atoms with Crippen molar-refractivity contribution in [2.75, 3.05) is 7.11 Å². The molecule has 32 heavy (non-hydrogen) atoms. The lowest BCUT2D eigenvalue weighted by molar-refractivity contribution is 0.308. The number of fused-ring (bicyclic) bond motifs is 1. The zero-order valence-electron chi connectivity index (χ0n) is 19.4. The van der Waals surface area contributed by atoms with E-state index in [-0.39, 0.29) is 12.4 Å². The molecule has 0 aliphatic rings. The second-order valence-corrected chi connectivity index (χ2v) is 8.30. The Morgan fingerprint density at radius 3 is 2.34 bits per heavy atom. The van der Waals surface area contributed by atoms with Crippen molar-refractivity contribution in [3.8, 4) is 11.5 Å². The standard InChI is InChI=1S/C27H30N2O2.ClH/c1-18(2)22-12-10-21(11-13-22)17-31-25-14-15-28-26-19(3)20(4)29(27(25)26)16-23-8-6-7-9-24(23)30-5;/h6-15,18H,16-17H2,1-5H3;1H. The molecule has 0 saturated heterocycles. The van der Waals surface area contributed by atoms with Gasteiger partial charge in [0.25, 0.3) is 0 Å². The van der Waals surface area contributed by atoms with Gasteiger partial charge in [0.05, 0.1) is 19.2 Å². The van der Waals surface area contributed by atoms with Crippen LogP contribution < -0.4 is 9.47 Å². The van der Waals surface area contributed by atoms with Crippen LogP contribution in [-0.4, -0.2) is 16.7 Å². The molecule has 0 radical (unpaired) electrons. The van der Waals surface area contributed by atoms with Crippen molar-refractivity contribution < 1.29 is 9.47 Å². The van der Waals surface area contributed by atoms with Crippen LogP contribution in [0.25, 0.3) is 11.0 Å². The van der Waals surface area contributed by atoms with Gasteiger partial charge in [0.2, 0.25) is 0 Å². The fourth-order valence-corrected chi connectivity index (χ4v) is 3.99. The molecule has 168 valence electrons. The molecule has 2 heterocycles. The number of aromatic nitrogens is 2. The fraction of sp³-hybridized carbons (Fsp3) is 0.296. The maximum Gasteiger partial charge on any atom is 0.147 e. The van der Waals surface area contributed by atoms with Crippen molar-refractivity contribution in [2.24, 2.45) is 0 Å². The minimum absolute atomic E-state index is 0. The third-order valence-corrected chi connectivity index (χ3v) is 6.02. The van der Waals surface area contributed by atoms with Crippen LogP contribution in [0.4, 0.5) is 0 Å². The van der Waals surface area contributed by atoms with E-state index in [1.807, 2.05) is 30.5 Å². The Bertz CT molecular complexity index is 1200. The zero-order valence-corrected chi connectivity index (χ0v) is 20.2. The molecule has 0 atom stereocenters. The molecule has 4 nitrogen and oxygen atoms in total. The molecule has 4 rings (SSSR count). The first-order chi connectivity index (χ1) is 15.0. The summed E-state index contributed by atoms with van der Waals surface area (Å²) in [5, 5.41) is 0. The predicted octanol–water partition coefficient (Wildman–Crippen LogP) is 6.83. The van der Waals surface area contributed by atoms with Gasteiger partial charge in [-0.3, -0.25) is 4.98 Å². The van der Waals surface area contributed by atoms with E-state index in [4.69, 9.17) is 9.47 Å². The summed E-state index contributed by atoms with van der Waals surface area (Å²) in [5.74, 6) is 2.26. The molecule has 0 N–H and O–H groups in total. The van der Waals surface area contributed by atoms with Crippen molar-refractivity contribution in [3.63, 3.8) is 0 Å². The summed E-state index contributed by atoms with van der Waals surface area (Å²) in [6.45, 7) is 9.90. The molecule has 0 aliphatic heterocycles. The summed E-state index contributed by atoms with van der Waals surface area (Å²) in [4.78, 5) is 4.66. The SMILES string of the molecule is COc1ccccc1Cn1c(C)c(C)c2nccc(OCc3ccc(C(C)C)cc3)c21.Cl. The van der Waals surface area contributed by atoms with Crippen LogP contribution in [0.2, 0.25) is 0 Å². The molecule has 2 aromatic carbocycles. The quantitative estimate of drug-likeness (QED) is 0.309. The van der Waals surface area contributed by atoms with Gasteiger partial charge in [-0.15, -0.1) is 12.4 Å². The molecule has 0 bridgehead atoms. The van der Waals surface area contributed by atoms with Gasteiger partial charge in [0.15, 0.2) is 0 Å². The lowest BCUT2D eigenvalue weighted by atomic mass is 10.0. The van der Waals surface area contributed by atoms with Crippen LogP contribution in [-0.2, 0) is 13.2 Å². The van der Waals surface area contributed by atoms with E-state index in [0.717, 1.165) is 33.7 Å². The monoisotopic (exact) mass is 450 g/mol. The van der Waals surface area contributed by atoms with Crippen LogP contribution in [0.15, 0.2) is 60.8 Å². The van der Waals surface area contributed by atoms with Crippen LogP contribution in [0.3, 0.4) is 0 Å². The summed E-state index contributed by atoms with van der Waals surface area (Å²) in [6.07, 6.45) is 1.83. The Labute approximate surface area is 196 Å². The number of aryl methyl sites for hydroxylation is 1. The van der Waals surface area contributed by atoms with Crippen molar-refractivity contribution in [3.05, 3.63) is 88.7 Å². The van der Waals surface area contributed by atoms with E-state index in [1.54, 1.807) is 7.11 Å². The molecule has 4 aromatic rings. The number of halogens is 1. The van der Waals surface area contributed by atoms with Crippen molar-refractivity contribution >= 4 is 23.4 Å². The number of para-hydroxylation sites is 1. The maximum atomic E-state index is 6.32. The Balaban J connectivity index is 0.00000289. The number of hydrogen-bond acceptors (Lipinski definition) is 3. The summed E-state index contributed by atoms with van der Waals surface area (Å²) < 4.78 is 14.2. The van der Waals surface area contributed by atoms with Crippen LogP contribution in [0, 0.1) is 13.8 Å². The van der Waals surface area contributed by atoms with Gasteiger partial charge in [0.1, 0.15) is 23.6 Å². The lowest BCUT2D eigenvalue weighted by Crippen LogP contribution is -2.05. The summed E-state index contributed by atoms with van der Waals surface area (Å²) in [7, 11) is 1.71. The normalized spacial score (nSPS) is 10.9. The first-order valence-corrected chi connectivity index (χ1v) is 10.8. The van der Waals surface area contributed by atoms with Crippen molar-refractivity contribution in [2.45, 2.75) is 46.8 Å². The molecular weight excluding hydrogens is 420 g/mol. The molecule has 0 amide bonds. The largest absolute Gasteiger partial charge is 0.496 e. The van der Waals surface area contributed by atoms with E-state index >= 15 is 0 Å². The number of benzene rings is 2. The maximum absolute atomic E-state index is 6.32. The first kappa shape index (κ1) is 23.7. The van der Waals surface area contributed by atoms with Gasteiger partial charge in [0, 0.05) is 23.5 Å². The molecule has 0 spiro atoms. The minimum atomic E-state index is 0. The Morgan fingerprint density at radius 1 is 0.938 bits per heavy atom. The summed E-state index contributed by atoms with van der Waals surface area (Å²) in [6, 6.07) is 18.8. The molecule has 0 unspecified atom stereocenters. The third kappa shape index (κ3) is 4.61. The number of ether oxygens (including phenoxy) is 2. The topological polar surface area (TPSA) is 36.3 Å². The van der Waals surface area contributed by atoms with E-state index in [9.17, 15) is 0 Å². The average molecular weight is 451 g/mol. The highest BCUT2D eigenvalue weighted by molar-refractivity contribution is 5.86.